The van der Waals surface area contributed by atoms with Crippen molar-refractivity contribution in [1.29, 1.82) is 0 Å². The summed E-state index contributed by atoms with van der Waals surface area (Å²) >= 11 is 1.31. The van der Waals surface area contributed by atoms with Gasteiger partial charge >= 0.3 is 6.18 Å². The maximum absolute atomic E-state index is 12.3. The normalized spacial score (nSPS) is 11.9. The quantitative estimate of drug-likeness (QED) is 0.813. The molecular weight excluding hydrogens is 263 g/mol. The van der Waals surface area contributed by atoms with Crippen molar-refractivity contribution in [2.24, 2.45) is 0 Å². The number of nitrogens with one attached hydrogen (secondary N) is 1. The van der Waals surface area contributed by atoms with Crippen LogP contribution in [-0.2, 0) is 6.54 Å². The van der Waals surface area contributed by atoms with Crippen LogP contribution in [0.3, 0.4) is 0 Å². The molecule has 0 aliphatic carbocycles. The highest BCUT2D eigenvalue weighted by Crippen LogP contribution is 2.27. The van der Waals surface area contributed by atoms with E-state index in [1.807, 2.05) is 6.92 Å². The van der Waals surface area contributed by atoms with Crippen LogP contribution in [0.4, 0.5) is 18.3 Å². The van der Waals surface area contributed by atoms with Crippen molar-refractivity contribution in [3.8, 4) is 0 Å². The summed E-state index contributed by atoms with van der Waals surface area (Å²) in [5.74, 6) is 0. The first-order chi connectivity index (χ1) is 8.33. The van der Waals surface area contributed by atoms with E-state index in [-0.39, 0.29) is 0 Å². The number of aromatic nitrogens is 1. The highest BCUT2D eigenvalue weighted by Gasteiger charge is 2.30. The Kier molecular flexibility index (Phi) is 5.40. The number of thiazole rings is 1. The molecule has 0 aliphatic heterocycles. The minimum Gasteiger partial charge on any atom is -0.342 e. The van der Waals surface area contributed by atoms with E-state index in [0.29, 0.717) is 11.7 Å². The van der Waals surface area contributed by atoms with E-state index in [1.54, 1.807) is 0 Å². The van der Waals surface area contributed by atoms with Crippen molar-refractivity contribution in [3.63, 3.8) is 0 Å². The second-order valence-corrected chi connectivity index (χ2v) is 5.22. The van der Waals surface area contributed by atoms with Gasteiger partial charge in [0.2, 0.25) is 0 Å². The second kappa shape index (κ2) is 6.38. The van der Waals surface area contributed by atoms with E-state index in [2.05, 4.69) is 17.2 Å². The summed E-state index contributed by atoms with van der Waals surface area (Å²) < 4.78 is 36.8. The predicted octanol–water partition coefficient (Wildman–Crippen LogP) is 2.95. The van der Waals surface area contributed by atoms with E-state index in [9.17, 15) is 13.2 Å². The number of rotatable bonds is 6. The summed E-state index contributed by atoms with van der Waals surface area (Å²) in [4.78, 5) is 6.31. The minimum absolute atomic E-state index is 0.415. The van der Waals surface area contributed by atoms with Crippen LogP contribution in [0.2, 0.25) is 0 Å². The molecule has 3 nitrogen and oxygen atoms in total. The molecule has 0 fully saturated rings. The molecule has 0 bridgehead atoms. The van der Waals surface area contributed by atoms with Gasteiger partial charge in [0, 0.05) is 18.5 Å². The fourth-order valence-electron chi connectivity index (χ4n) is 1.46. The summed E-state index contributed by atoms with van der Waals surface area (Å²) in [6.07, 6.45) is -3.17. The zero-order valence-corrected chi connectivity index (χ0v) is 11.6. The molecule has 0 aliphatic rings. The molecule has 0 radical (unpaired) electrons. The van der Waals surface area contributed by atoms with Crippen molar-refractivity contribution in [2.75, 3.05) is 25.0 Å². The van der Waals surface area contributed by atoms with Crippen molar-refractivity contribution in [2.45, 2.75) is 33.0 Å². The van der Waals surface area contributed by atoms with Gasteiger partial charge in [-0.2, -0.15) is 13.2 Å². The van der Waals surface area contributed by atoms with Crippen LogP contribution in [0.1, 0.15) is 23.9 Å². The van der Waals surface area contributed by atoms with Crippen LogP contribution in [0.15, 0.2) is 0 Å². The van der Waals surface area contributed by atoms with Crippen molar-refractivity contribution < 1.29 is 13.2 Å². The fraction of sp³-hybridized carbons (Fsp3) is 0.727. The number of nitrogens with zero attached hydrogens (tertiary/aromatic N) is 2. The molecule has 104 valence electrons. The summed E-state index contributed by atoms with van der Waals surface area (Å²) in [7, 11) is 1.41. The Morgan fingerprint density at radius 2 is 2.06 bits per heavy atom. The molecule has 0 unspecified atom stereocenters. The Morgan fingerprint density at radius 3 is 2.61 bits per heavy atom. The van der Waals surface area contributed by atoms with Gasteiger partial charge in [0.25, 0.3) is 0 Å². The first kappa shape index (κ1) is 15.2. The van der Waals surface area contributed by atoms with Gasteiger partial charge in [-0.05, 0) is 19.9 Å². The molecule has 0 saturated heterocycles. The summed E-state index contributed by atoms with van der Waals surface area (Å²) in [5.41, 5.74) is 0.799. The molecule has 0 atom stereocenters. The molecule has 0 spiro atoms. The summed E-state index contributed by atoms with van der Waals surface area (Å²) in [6.45, 7) is 4.48. The largest absolute Gasteiger partial charge is 0.405 e. The van der Waals surface area contributed by atoms with Gasteiger partial charge in [-0.15, -0.1) is 11.3 Å². The minimum atomic E-state index is -4.20. The SMILES string of the molecule is CCCNCc1sc(N(C)CC(F)(F)F)nc1C. The molecule has 1 rings (SSSR count). The Hall–Kier alpha value is -0.820. The molecule has 18 heavy (non-hydrogen) atoms. The second-order valence-electron chi connectivity index (χ2n) is 4.15. The Balaban J connectivity index is 2.65. The van der Waals surface area contributed by atoms with Crippen molar-refractivity contribution >= 4 is 16.5 Å². The maximum atomic E-state index is 12.3. The average molecular weight is 281 g/mol. The Bertz CT molecular complexity index is 376. The molecular formula is C11H18F3N3S. The number of hydrogen-bond acceptors (Lipinski definition) is 4. The third-order valence-electron chi connectivity index (χ3n) is 2.34. The zero-order chi connectivity index (χ0) is 13.8. The van der Waals surface area contributed by atoms with Crippen LogP contribution in [-0.4, -0.2) is 31.3 Å². The molecule has 0 saturated carbocycles. The van der Waals surface area contributed by atoms with E-state index >= 15 is 0 Å². The van der Waals surface area contributed by atoms with E-state index in [1.165, 1.54) is 18.4 Å². The predicted molar refractivity (Wildman–Crippen MR) is 68.2 cm³/mol. The first-order valence-electron chi connectivity index (χ1n) is 5.78. The van der Waals surface area contributed by atoms with Gasteiger partial charge in [0.1, 0.15) is 6.54 Å². The van der Waals surface area contributed by atoms with Crippen molar-refractivity contribution in [3.05, 3.63) is 10.6 Å². The summed E-state index contributed by atoms with van der Waals surface area (Å²) in [6, 6.07) is 0. The molecule has 1 aromatic rings. The Morgan fingerprint density at radius 1 is 1.39 bits per heavy atom. The highest BCUT2D eigenvalue weighted by atomic mass is 32.1. The molecule has 1 aromatic heterocycles. The average Bonchev–Trinajstić information content (AvgIpc) is 2.58. The fourth-order valence-corrected chi connectivity index (χ4v) is 2.45. The smallest absolute Gasteiger partial charge is 0.342 e. The number of aryl methyl sites for hydroxylation is 1. The maximum Gasteiger partial charge on any atom is 0.405 e. The number of alkyl halides is 3. The van der Waals surface area contributed by atoms with E-state index in [0.717, 1.165) is 28.4 Å². The van der Waals surface area contributed by atoms with E-state index in [4.69, 9.17) is 0 Å². The van der Waals surface area contributed by atoms with Gasteiger partial charge in [0.05, 0.1) is 5.69 Å². The molecule has 0 amide bonds. The summed E-state index contributed by atoms with van der Waals surface area (Å²) in [5, 5.41) is 3.64. The lowest BCUT2D eigenvalue weighted by Crippen LogP contribution is -2.30. The van der Waals surface area contributed by atoms with Crippen LogP contribution in [0.25, 0.3) is 0 Å². The standard InChI is InChI=1S/C11H18F3N3S/c1-4-5-15-6-9-8(2)16-10(18-9)17(3)7-11(12,13)14/h15H,4-7H2,1-3H3. The van der Waals surface area contributed by atoms with Crippen LogP contribution >= 0.6 is 11.3 Å². The van der Waals surface area contributed by atoms with E-state index < -0.39 is 12.7 Å². The van der Waals surface area contributed by atoms with Gasteiger partial charge < -0.3 is 10.2 Å². The first-order valence-corrected chi connectivity index (χ1v) is 6.60. The van der Waals surface area contributed by atoms with Gasteiger partial charge in [0.15, 0.2) is 5.13 Å². The zero-order valence-electron chi connectivity index (χ0n) is 10.8. The molecule has 7 heteroatoms. The molecule has 1 heterocycles. The lowest BCUT2D eigenvalue weighted by atomic mass is 10.4. The molecule has 0 aromatic carbocycles. The highest BCUT2D eigenvalue weighted by molar-refractivity contribution is 7.15. The van der Waals surface area contributed by atoms with Crippen LogP contribution in [0, 0.1) is 6.92 Å². The van der Waals surface area contributed by atoms with Gasteiger partial charge in [-0.1, -0.05) is 6.92 Å². The van der Waals surface area contributed by atoms with Gasteiger partial charge in [-0.3, -0.25) is 0 Å². The lowest BCUT2D eigenvalue weighted by molar-refractivity contribution is -0.119. The number of anilines is 1. The monoisotopic (exact) mass is 281 g/mol. The topological polar surface area (TPSA) is 28.2 Å². The third-order valence-corrected chi connectivity index (χ3v) is 3.61. The van der Waals surface area contributed by atoms with Crippen LogP contribution < -0.4 is 10.2 Å². The third kappa shape index (κ3) is 4.81. The number of hydrogen-bond donors (Lipinski definition) is 1. The number of halogens is 3. The van der Waals surface area contributed by atoms with Gasteiger partial charge in [-0.25, -0.2) is 4.98 Å². The van der Waals surface area contributed by atoms with Crippen molar-refractivity contribution in [1.82, 2.24) is 10.3 Å². The Labute approximate surface area is 109 Å². The van der Waals surface area contributed by atoms with Crippen LogP contribution in [0.5, 0.6) is 0 Å². The molecule has 1 N–H and O–H groups in total. The lowest BCUT2D eigenvalue weighted by Gasteiger charge is -2.17.